The van der Waals surface area contributed by atoms with Gasteiger partial charge >= 0.3 is 0 Å². The van der Waals surface area contributed by atoms with Gasteiger partial charge in [-0.3, -0.25) is 0 Å². The second-order valence-electron chi connectivity index (χ2n) is 4.99. The zero-order valence-corrected chi connectivity index (χ0v) is 11.3. The summed E-state index contributed by atoms with van der Waals surface area (Å²) in [5, 5.41) is 4.06. The molecule has 0 aliphatic rings. The van der Waals surface area contributed by atoms with Crippen LogP contribution in [0.25, 0.3) is 0 Å². The fourth-order valence-electron chi connectivity index (χ4n) is 1.81. The lowest BCUT2D eigenvalue weighted by molar-refractivity contribution is 0.696. The highest BCUT2D eigenvalue weighted by molar-refractivity contribution is 6.62. The Hall–Kier alpha value is 0.177. The van der Waals surface area contributed by atoms with Gasteiger partial charge < -0.3 is 5.32 Å². The third-order valence-electron chi connectivity index (χ3n) is 2.78. The highest BCUT2D eigenvalue weighted by Crippen LogP contribution is 2.31. The predicted octanol–water partition coefficient (Wildman–Crippen LogP) is 3.03. The molecule has 0 rings (SSSR count). The van der Waals surface area contributed by atoms with Crippen molar-refractivity contribution in [1.82, 2.24) is 5.32 Å². The number of hydrogen-bond donors (Lipinski definition) is 1. The number of hydrogen-bond acceptors (Lipinski definition) is 1. The molecule has 0 aromatic rings. The van der Waals surface area contributed by atoms with Crippen LogP contribution >= 0.6 is 0 Å². The monoisotopic (exact) mass is 201 g/mol. The van der Waals surface area contributed by atoms with E-state index in [2.05, 4.69) is 39.9 Å². The van der Waals surface area contributed by atoms with Crippen LogP contribution in [0.3, 0.4) is 0 Å². The summed E-state index contributed by atoms with van der Waals surface area (Å²) >= 11 is 0. The Bertz CT molecular complexity index is 118. The maximum absolute atomic E-state index is 3.44. The normalized spacial score (nSPS) is 14.5. The largest absolute Gasteiger partial charge is 0.317 e. The molecule has 2 heteroatoms. The van der Waals surface area contributed by atoms with Crippen molar-refractivity contribution < 1.29 is 0 Å². The molecule has 0 amide bonds. The van der Waals surface area contributed by atoms with E-state index in [1.165, 1.54) is 25.1 Å². The molecule has 0 aliphatic carbocycles. The summed E-state index contributed by atoms with van der Waals surface area (Å²) in [7, 11) is -0.516. The zero-order chi connectivity index (χ0) is 10.3. The molecule has 0 aromatic heterocycles. The molecule has 1 unspecified atom stereocenters. The third-order valence-corrected chi connectivity index (χ3v) is 7.49. The van der Waals surface area contributed by atoms with Crippen molar-refractivity contribution in [2.75, 3.05) is 13.1 Å². The van der Waals surface area contributed by atoms with Crippen LogP contribution in [0, 0.1) is 0 Å². The number of rotatable bonds is 6. The minimum absolute atomic E-state index is 0.516. The summed E-state index contributed by atoms with van der Waals surface area (Å²) < 4.78 is 0. The van der Waals surface area contributed by atoms with E-state index >= 15 is 0 Å². The first-order valence-corrected chi connectivity index (χ1v) is 7.94. The minimum Gasteiger partial charge on any atom is -0.317 e. The Morgan fingerprint density at radius 2 is 1.69 bits per heavy atom. The molecular weight excluding hydrogens is 174 g/mol. The van der Waals surface area contributed by atoms with Crippen LogP contribution in [0.15, 0.2) is 0 Å². The third kappa shape index (κ3) is 6.27. The quantitative estimate of drug-likeness (QED) is 0.514. The van der Waals surface area contributed by atoms with Gasteiger partial charge in [0.25, 0.3) is 0 Å². The highest BCUT2D eigenvalue weighted by atomic mass is 28.3. The SMILES string of the molecule is CCC[SiH](CCNCC)C(C)(C)C. The topological polar surface area (TPSA) is 12.0 Å². The van der Waals surface area contributed by atoms with E-state index in [0.29, 0.717) is 5.04 Å². The van der Waals surface area contributed by atoms with E-state index in [4.69, 9.17) is 0 Å². The molecule has 1 N–H and O–H groups in total. The molecule has 0 heterocycles. The van der Waals surface area contributed by atoms with Crippen molar-refractivity contribution in [1.29, 1.82) is 0 Å². The molecule has 0 bridgehead atoms. The Morgan fingerprint density at radius 1 is 1.08 bits per heavy atom. The van der Waals surface area contributed by atoms with Crippen LogP contribution in [0.5, 0.6) is 0 Å². The standard InChI is InChI=1S/C11H27NSi/c1-6-9-13(11(3,4)5)10-8-12-7-2/h12-13H,6-10H2,1-5H3. The fourth-order valence-corrected chi connectivity index (χ4v) is 5.08. The molecular formula is C11H27NSi. The van der Waals surface area contributed by atoms with Gasteiger partial charge in [-0.1, -0.05) is 47.1 Å². The smallest absolute Gasteiger partial charge is 0.0435 e. The van der Waals surface area contributed by atoms with Crippen LogP contribution in [-0.2, 0) is 0 Å². The van der Waals surface area contributed by atoms with Crippen molar-refractivity contribution in [3.8, 4) is 0 Å². The van der Waals surface area contributed by atoms with Gasteiger partial charge in [-0.15, -0.1) is 0 Å². The molecule has 13 heavy (non-hydrogen) atoms. The van der Waals surface area contributed by atoms with Crippen LogP contribution in [0.1, 0.15) is 41.0 Å². The number of nitrogens with one attached hydrogen (secondary N) is 1. The summed E-state index contributed by atoms with van der Waals surface area (Å²) in [5.74, 6) is 0. The maximum Gasteiger partial charge on any atom is 0.0435 e. The first kappa shape index (κ1) is 13.2. The first-order chi connectivity index (χ1) is 6.02. The lowest BCUT2D eigenvalue weighted by Crippen LogP contribution is -2.29. The lowest BCUT2D eigenvalue weighted by atomic mass is 10.2. The van der Waals surface area contributed by atoms with Gasteiger partial charge in [-0.2, -0.15) is 0 Å². The molecule has 0 radical (unpaired) electrons. The molecule has 0 saturated carbocycles. The molecule has 1 atom stereocenters. The van der Waals surface area contributed by atoms with Crippen LogP contribution in [0.4, 0.5) is 0 Å². The van der Waals surface area contributed by atoms with Crippen molar-refractivity contribution in [2.24, 2.45) is 0 Å². The second kappa shape index (κ2) is 6.60. The first-order valence-electron chi connectivity index (χ1n) is 5.73. The van der Waals surface area contributed by atoms with E-state index in [0.717, 1.165) is 6.54 Å². The average molecular weight is 201 g/mol. The van der Waals surface area contributed by atoms with Crippen LogP contribution < -0.4 is 5.32 Å². The fraction of sp³-hybridized carbons (Fsp3) is 1.00. The maximum atomic E-state index is 3.44. The Labute approximate surface area is 85.9 Å². The van der Waals surface area contributed by atoms with Crippen molar-refractivity contribution in [3.63, 3.8) is 0 Å². The Morgan fingerprint density at radius 3 is 2.08 bits per heavy atom. The van der Waals surface area contributed by atoms with E-state index in [1.54, 1.807) is 0 Å². The molecule has 0 fully saturated rings. The van der Waals surface area contributed by atoms with Gasteiger partial charge in [0.1, 0.15) is 0 Å². The minimum atomic E-state index is -0.516. The van der Waals surface area contributed by atoms with Crippen LogP contribution in [-0.4, -0.2) is 21.9 Å². The summed E-state index contributed by atoms with van der Waals surface area (Å²) in [5.41, 5.74) is 0. The molecule has 0 spiro atoms. The van der Waals surface area contributed by atoms with Crippen molar-refractivity contribution >= 4 is 8.80 Å². The zero-order valence-electron chi connectivity index (χ0n) is 10.1. The Kier molecular flexibility index (Phi) is 6.69. The second-order valence-corrected chi connectivity index (χ2v) is 9.27. The summed E-state index contributed by atoms with van der Waals surface area (Å²) in [4.78, 5) is 0. The average Bonchev–Trinajstić information content (AvgIpc) is 2.01. The molecule has 0 aliphatic heterocycles. The highest BCUT2D eigenvalue weighted by Gasteiger charge is 2.24. The molecule has 0 aromatic carbocycles. The van der Waals surface area contributed by atoms with Crippen molar-refractivity contribution in [3.05, 3.63) is 0 Å². The van der Waals surface area contributed by atoms with E-state index in [9.17, 15) is 0 Å². The van der Waals surface area contributed by atoms with Gasteiger partial charge in [0.05, 0.1) is 0 Å². The van der Waals surface area contributed by atoms with Gasteiger partial charge in [0.2, 0.25) is 0 Å². The lowest BCUT2D eigenvalue weighted by Gasteiger charge is -2.29. The Balaban J connectivity index is 3.81. The molecule has 1 nitrogen and oxygen atoms in total. The molecule has 80 valence electrons. The van der Waals surface area contributed by atoms with E-state index in [-0.39, 0.29) is 0 Å². The van der Waals surface area contributed by atoms with Gasteiger partial charge in [0, 0.05) is 8.80 Å². The van der Waals surface area contributed by atoms with E-state index < -0.39 is 8.80 Å². The summed E-state index contributed by atoms with van der Waals surface area (Å²) in [6.07, 6.45) is 1.38. The van der Waals surface area contributed by atoms with Gasteiger partial charge in [0.15, 0.2) is 0 Å². The van der Waals surface area contributed by atoms with E-state index in [1.807, 2.05) is 0 Å². The molecule has 0 saturated heterocycles. The predicted molar refractivity (Wildman–Crippen MR) is 65.3 cm³/mol. The van der Waals surface area contributed by atoms with Crippen molar-refractivity contribution in [2.45, 2.75) is 58.2 Å². The van der Waals surface area contributed by atoms with Crippen LogP contribution in [0.2, 0.25) is 17.1 Å². The summed E-state index contributed by atoms with van der Waals surface area (Å²) in [6.45, 7) is 14.1. The van der Waals surface area contributed by atoms with Gasteiger partial charge in [-0.05, 0) is 24.2 Å². The van der Waals surface area contributed by atoms with Gasteiger partial charge in [-0.25, -0.2) is 0 Å². The summed E-state index contributed by atoms with van der Waals surface area (Å²) in [6, 6.07) is 2.97.